The summed E-state index contributed by atoms with van der Waals surface area (Å²) in [4.78, 5) is 12.0. The Balaban J connectivity index is 2.11. The van der Waals surface area contributed by atoms with Crippen LogP contribution in [0.4, 0.5) is 0 Å². The van der Waals surface area contributed by atoms with E-state index in [0.29, 0.717) is 12.6 Å². The fraction of sp³-hybridized carbons (Fsp3) is 0.500. The number of ketones is 1. The van der Waals surface area contributed by atoms with Gasteiger partial charge >= 0.3 is 0 Å². The summed E-state index contributed by atoms with van der Waals surface area (Å²) in [7, 11) is 1.66. The maximum absolute atomic E-state index is 12.0. The molecule has 0 bridgehead atoms. The summed E-state index contributed by atoms with van der Waals surface area (Å²) >= 11 is 0. The van der Waals surface area contributed by atoms with Gasteiger partial charge in [0.2, 0.25) is 0 Å². The number of aryl methyl sites for hydroxylation is 2. The number of Topliss-reactive ketones (excluding diaryl/α,β-unsaturated/α-hetero) is 1. The highest BCUT2D eigenvalue weighted by molar-refractivity contribution is 5.98. The Kier molecular flexibility index (Phi) is 3.48. The maximum Gasteiger partial charge on any atom is 0.176 e. The van der Waals surface area contributed by atoms with E-state index in [4.69, 9.17) is 4.74 Å². The third-order valence-electron chi connectivity index (χ3n) is 3.12. The Labute approximate surface area is 102 Å². The number of ether oxygens (including phenoxy) is 1. The van der Waals surface area contributed by atoms with Gasteiger partial charge in [0.25, 0.3) is 0 Å². The van der Waals surface area contributed by atoms with Crippen LogP contribution in [-0.4, -0.2) is 25.5 Å². The van der Waals surface area contributed by atoms with Crippen molar-refractivity contribution in [2.75, 3.05) is 13.7 Å². The SMILES string of the molecule is COc1c(C)cc(C(=O)CNC2CC2)cc1C. The molecule has 1 aliphatic rings. The maximum atomic E-state index is 12.0. The number of nitrogens with one attached hydrogen (secondary N) is 1. The number of hydrogen-bond acceptors (Lipinski definition) is 3. The van der Waals surface area contributed by atoms with Crippen molar-refractivity contribution in [1.82, 2.24) is 5.32 Å². The summed E-state index contributed by atoms with van der Waals surface area (Å²) in [6, 6.07) is 4.38. The molecule has 92 valence electrons. The van der Waals surface area contributed by atoms with Crippen molar-refractivity contribution < 1.29 is 9.53 Å². The predicted octanol–water partition coefficient (Wildman–Crippen LogP) is 2.25. The lowest BCUT2D eigenvalue weighted by Crippen LogP contribution is -2.25. The van der Waals surface area contributed by atoms with Crippen molar-refractivity contribution in [3.05, 3.63) is 28.8 Å². The lowest BCUT2D eigenvalue weighted by Gasteiger charge is -2.11. The molecule has 1 saturated carbocycles. The molecule has 0 saturated heterocycles. The van der Waals surface area contributed by atoms with Gasteiger partial charge in [-0.1, -0.05) is 0 Å². The molecule has 1 aromatic rings. The first kappa shape index (κ1) is 12.1. The standard InChI is InChI=1S/C14H19NO2/c1-9-6-11(7-10(2)14(9)17-3)13(16)8-15-12-4-5-12/h6-7,12,15H,4-5,8H2,1-3H3. The molecule has 0 spiro atoms. The summed E-state index contributed by atoms with van der Waals surface area (Å²) in [5.74, 6) is 1.03. The van der Waals surface area contributed by atoms with Crippen LogP contribution in [0.3, 0.4) is 0 Å². The first-order valence-corrected chi connectivity index (χ1v) is 6.03. The fourth-order valence-electron chi connectivity index (χ4n) is 2.06. The molecule has 3 heteroatoms. The quantitative estimate of drug-likeness (QED) is 0.793. The predicted molar refractivity (Wildman–Crippen MR) is 67.8 cm³/mol. The molecule has 0 heterocycles. The molecule has 3 nitrogen and oxygen atoms in total. The van der Waals surface area contributed by atoms with Gasteiger partial charge in [-0.3, -0.25) is 4.79 Å². The van der Waals surface area contributed by atoms with Crippen LogP contribution in [0.15, 0.2) is 12.1 Å². The van der Waals surface area contributed by atoms with Crippen LogP contribution in [0, 0.1) is 13.8 Å². The molecule has 0 amide bonds. The van der Waals surface area contributed by atoms with Crippen molar-refractivity contribution in [2.24, 2.45) is 0 Å². The molecule has 0 aromatic heterocycles. The second-order valence-corrected chi connectivity index (χ2v) is 4.72. The molecule has 0 radical (unpaired) electrons. The second kappa shape index (κ2) is 4.88. The Morgan fingerprint density at radius 3 is 2.41 bits per heavy atom. The lowest BCUT2D eigenvalue weighted by atomic mass is 10.0. The fourth-order valence-corrected chi connectivity index (χ4v) is 2.06. The van der Waals surface area contributed by atoms with E-state index in [0.717, 1.165) is 22.4 Å². The minimum Gasteiger partial charge on any atom is -0.496 e. The Morgan fingerprint density at radius 1 is 1.35 bits per heavy atom. The van der Waals surface area contributed by atoms with Crippen molar-refractivity contribution in [3.8, 4) is 5.75 Å². The summed E-state index contributed by atoms with van der Waals surface area (Å²) in [6.07, 6.45) is 2.40. The molecular formula is C14H19NO2. The van der Waals surface area contributed by atoms with Gasteiger partial charge in [-0.25, -0.2) is 0 Å². The van der Waals surface area contributed by atoms with Crippen LogP contribution in [0.5, 0.6) is 5.75 Å². The molecule has 1 fully saturated rings. The highest BCUT2D eigenvalue weighted by Crippen LogP contribution is 2.24. The average molecular weight is 233 g/mol. The van der Waals surface area contributed by atoms with Crippen LogP contribution in [0.1, 0.15) is 34.3 Å². The zero-order valence-electron chi connectivity index (χ0n) is 10.7. The van der Waals surface area contributed by atoms with Gasteiger partial charge in [0.15, 0.2) is 5.78 Å². The van der Waals surface area contributed by atoms with E-state index in [1.807, 2.05) is 26.0 Å². The van der Waals surface area contributed by atoms with Gasteiger partial charge in [0.05, 0.1) is 13.7 Å². The monoisotopic (exact) mass is 233 g/mol. The van der Waals surface area contributed by atoms with Crippen LogP contribution in [-0.2, 0) is 0 Å². The van der Waals surface area contributed by atoms with Gasteiger partial charge in [-0.2, -0.15) is 0 Å². The smallest absolute Gasteiger partial charge is 0.176 e. The highest BCUT2D eigenvalue weighted by atomic mass is 16.5. The van der Waals surface area contributed by atoms with Gasteiger partial charge in [-0.15, -0.1) is 0 Å². The number of hydrogen-bond donors (Lipinski definition) is 1. The Bertz CT molecular complexity index is 413. The summed E-state index contributed by atoms with van der Waals surface area (Å²) in [5.41, 5.74) is 2.80. The number of benzene rings is 1. The normalized spacial score (nSPS) is 14.8. The first-order chi connectivity index (χ1) is 8.11. The minimum absolute atomic E-state index is 0.158. The number of carbonyl (C=O) groups is 1. The Hall–Kier alpha value is -1.35. The van der Waals surface area contributed by atoms with Crippen molar-refractivity contribution in [1.29, 1.82) is 0 Å². The van der Waals surface area contributed by atoms with E-state index in [2.05, 4.69) is 5.32 Å². The lowest BCUT2D eigenvalue weighted by molar-refractivity contribution is 0.0990. The van der Waals surface area contributed by atoms with E-state index in [1.54, 1.807) is 7.11 Å². The van der Waals surface area contributed by atoms with Gasteiger partial charge in [0.1, 0.15) is 5.75 Å². The molecule has 1 N–H and O–H groups in total. The van der Waals surface area contributed by atoms with E-state index in [-0.39, 0.29) is 5.78 Å². The van der Waals surface area contributed by atoms with E-state index in [9.17, 15) is 4.79 Å². The van der Waals surface area contributed by atoms with E-state index < -0.39 is 0 Å². The molecule has 0 unspecified atom stereocenters. The zero-order chi connectivity index (χ0) is 12.4. The molecule has 1 aliphatic carbocycles. The third kappa shape index (κ3) is 2.86. The number of carbonyl (C=O) groups excluding carboxylic acids is 1. The molecule has 2 rings (SSSR count). The van der Waals surface area contributed by atoms with Crippen LogP contribution in [0.25, 0.3) is 0 Å². The summed E-state index contributed by atoms with van der Waals surface area (Å²) in [6.45, 7) is 4.38. The van der Waals surface area contributed by atoms with Crippen LogP contribution < -0.4 is 10.1 Å². The van der Waals surface area contributed by atoms with Crippen LogP contribution >= 0.6 is 0 Å². The second-order valence-electron chi connectivity index (χ2n) is 4.72. The van der Waals surface area contributed by atoms with Crippen molar-refractivity contribution >= 4 is 5.78 Å². The first-order valence-electron chi connectivity index (χ1n) is 6.03. The van der Waals surface area contributed by atoms with Crippen molar-refractivity contribution in [2.45, 2.75) is 32.7 Å². The summed E-state index contributed by atoms with van der Waals surface area (Å²) in [5, 5.41) is 3.24. The summed E-state index contributed by atoms with van der Waals surface area (Å²) < 4.78 is 5.29. The molecule has 1 aromatic carbocycles. The van der Waals surface area contributed by atoms with Gasteiger partial charge < -0.3 is 10.1 Å². The van der Waals surface area contributed by atoms with E-state index >= 15 is 0 Å². The van der Waals surface area contributed by atoms with E-state index in [1.165, 1.54) is 12.8 Å². The largest absolute Gasteiger partial charge is 0.496 e. The van der Waals surface area contributed by atoms with Gasteiger partial charge in [-0.05, 0) is 49.9 Å². The van der Waals surface area contributed by atoms with Gasteiger partial charge in [0, 0.05) is 11.6 Å². The molecule has 0 aliphatic heterocycles. The molecular weight excluding hydrogens is 214 g/mol. The van der Waals surface area contributed by atoms with Crippen molar-refractivity contribution in [3.63, 3.8) is 0 Å². The minimum atomic E-state index is 0.158. The third-order valence-corrected chi connectivity index (χ3v) is 3.12. The van der Waals surface area contributed by atoms with Crippen LogP contribution in [0.2, 0.25) is 0 Å². The molecule has 0 atom stereocenters. The topological polar surface area (TPSA) is 38.3 Å². The highest BCUT2D eigenvalue weighted by Gasteiger charge is 2.21. The molecule has 17 heavy (non-hydrogen) atoms. The Morgan fingerprint density at radius 2 is 1.94 bits per heavy atom. The average Bonchev–Trinajstić information content (AvgIpc) is 3.09. The number of rotatable bonds is 5. The number of methoxy groups -OCH3 is 1. The zero-order valence-corrected chi connectivity index (χ0v) is 10.7.